The highest BCUT2D eigenvalue weighted by Gasteiger charge is 2.20. The molecule has 5 aromatic rings. The largest absolute Gasteiger partial charge is 0.493 e. The highest BCUT2D eigenvalue weighted by atomic mass is 16.5. The average molecular weight is 564 g/mol. The number of hydrogen-bond acceptors (Lipinski definition) is 7. The Morgan fingerprint density at radius 3 is 1.64 bits per heavy atom. The molecule has 0 aliphatic carbocycles. The van der Waals surface area contributed by atoms with E-state index in [4.69, 9.17) is 25.7 Å². The minimum atomic E-state index is -0.610. The van der Waals surface area contributed by atoms with Gasteiger partial charge in [0.25, 0.3) is 5.91 Å². The maximum atomic E-state index is 13.6. The van der Waals surface area contributed by atoms with E-state index in [2.05, 4.69) is 5.32 Å². The number of para-hydroxylation sites is 2. The van der Waals surface area contributed by atoms with Crippen molar-refractivity contribution in [2.45, 2.75) is 12.8 Å². The van der Waals surface area contributed by atoms with Crippen molar-refractivity contribution in [1.29, 1.82) is 0 Å². The first-order chi connectivity index (χ1) is 20.6. The van der Waals surface area contributed by atoms with Crippen molar-refractivity contribution in [2.24, 2.45) is 11.5 Å². The number of benzene rings is 5. The predicted octanol–water partition coefficient (Wildman–Crippen LogP) is 5.92. The van der Waals surface area contributed by atoms with Crippen molar-refractivity contribution < 1.29 is 23.8 Å². The van der Waals surface area contributed by atoms with Crippen LogP contribution in [0, 0.1) is 0 Å². The van der Waals surface area contributed by atoms with E-state index in [1.807, 2.05) is 60.7 Å². The van der Waals surface area contributed by atoms with E-state index in [-0.39, 0.29) is 11.3 Å². The smallest absolute Gasteiger partial charge is 0.347 e. The summed E-state index contributed by atoms with van der Waals surface area (Å²) in [6, 6.07) is 29.4. The molecule has 0 aliphatic rings. The van der Waals surface area contributed by atoms with Crippen molar-refractivity contribution in [1.82, 2.24) is 0 Å². The molecule has 0 unspecified atom stereocenters. The van der Waals surface area contributed by atoms with Crippen LogP contribution in [0.25, 0.3) is 21.5 Å². The lowest BCUT2D eigenvalue weighted by Crippen LogP contribution is -2.17. The molecule has 0 aliphatic heterocycles. The third kappa shape index (κ3) is 6.68. The fraction of sp³-hybridized carbons (Fsp3) is 0.176. The Bertz CT molecular complexity index is 1590. The molecule has 0 saturated carbocycles. The van der Waals surface area contributed by atoms with Crippen molar-refractivity contribution in [3.05, 3.63) is 108 Å². The van der Waals surface area contributed by atoms with Gasteiger partial charge in [-0.15, -0.1) is 0 Å². The van der Waals surface area contributed by atoms with Crippen LogP contribution in [-0.4, -0.2) is 38.2 Å². The van der Waals surface area contributed by atoms with Crippen LogP contribution in [0.2, 0.25) is 0 Å². The summed E-state index contributed by atoms with van der Waals surface area (Å²) in [4.78, 5) is 27.1. The molecule has 42 heavy (non-hydrogen) atoms. The highest BCUT2D eigenvalue weighted by molar-refractivity contribution is 6.09. The van der Waals surface area contributed by atoms with Gasteiger partial charge in [-0.05, 0) is 83.9 Å². The molecule has 0 bridgehead atoms. The van der Waals surface area contributed by atoms with Gasteiger partial charge in [-0.3, -0.25) is 4.79 Å². The first-order valence-electron chi connectivity index (χ1n) is 13.9. The molecule has 8 nitrogen and oxygen atoms in total. The number of amides is 1. The van der Waals surface area contributed by atoms with Crippen LogP contribution in [0.1, 0.15) is 33.6 Å². The van der Waals surface area contributed by atoms with Crippen molar-refractivity contribution in [2.75, 3.05) is 31.6 Å². The summed E-state index contributed by atoms with van der Waals surface area (Å²) in [7, 11) is 0. The molecule has 0 aromatic heterocycles. The Balaban J connectivity index is 1.42. The summed E-state index contributed by atoms with van der Waals surface area (Å²) in [5.41, 5.74) is 12.2. The standard InChI is InChI=1S/C34H33N3O5/c35-15-7-17-40-31-21-25-11-3-1-9-23(25)19-27(31)33(38)37-29-13-5-6-14-30(29)42-34(39)28-20-24-10-2-4-12-26(24)22-32(28)41-18-8-16-36/h1-6,9-14,19-22H,7-8,15-18,35-36H2,(H,37,38). The minimum Gasteiger partial charge on any atom is -0.493 e. The lowest BCUT2D eigenvalue weighted by Gasteiger charge is -2.16. The van der Waals surface area contributed by atoms with Gasteiger partial charge in [-0.1, -0.05) is 60.7 Å². The fourth-order valence-corrected chi connectivity index (χ4v) is 4.55. The number of ether oxygens (including phenoxy) is 3. The number of fused-ring (bicyclic) bond motifs is 2. The second kappa shape index (κ2) is 13.6. The normalized spacial score (nSPS) is 10.9. The Labute approximate surface area is 244 Å². The Hall–Kier alpha value is -4.92. The molecule has 1 amide bonds. The van der Waals surface area contributed by atoms with Gasteiger partial charge in [-0.25, -0.2) is 4.79 Å². The fourth-order valence-electron chi connectivity index (χ4n) is 4.55. The molecule has 0 fully saturated rings. The average Bonchev–Trinajstić information content (AvgIpc) is 3.01. The maximum Gasteiger partial charge on any atom is 0.347 e. The first-order valence-corrected chi connectivity index (χ1v) is 13.9. The molecule has 5 aromatic carbocycles. The minimum absolute atomic E-state index is 0.198. The zero-order valence-corrected chi connectivity index (χ0v) is 23.2. The molecule has 0 radical (unpaired) electrons. The van der Waals surface area contributed by atoms with E-state index >= 15 is 0 Å². The molecule has 5 N–H and O–H groups in total. The van der Waals surface area contributed by atoms with E-state index < -0.39 is 11.9 Å². The van der Waals surface area contributed by atoms with E-state index in [1.54, 1.807) is 36.4 Å². The molecule has 214 valence electrons. The molecular formula is C34H33N3O5. The number of nitrogens with two attached hydrogens (primary N) is 2. The third-order valence-electron chi connectivity index (χ3n) is 6.71. The van der Waals surface area contributed by atoms with E-state index in [1.165, 1.54) is 0 Å². The van der Waals surface area contributed by atoms with E-state index in [0.29, 0.717) is 61.9 Å². The number of anilines is 1. The topological polar surface area (TPSA) is 126 Å². The summed E-state index contributed by atoms with van der Waals surface area (Å²) < 4.78 is 17.7. The Morgan fingerprint density at radius 2 is 1.07 bits per heavy atom. The van der Waals surface area contributed by atoms with Crippen LogP contribution in [0.15, 0.2) is 97.1 Å². The van der Waals surface area contributed by atoms with Gasteiger partial charge in [-0.2, -0.15) is 0 Å². The summed E-state index contributed by atoms with van der Waals surface area (Å²) in [6.07, 6.45) is 1.29. The number of nitrogens with one attached hydrogen (secondary N) is 1. The van der Waals surface area contributed by atoms with Crippen LogP contribution in [0.5, 0.6) is 17.2 Å². The zero-order valence-electron chi connectivity index (χ0n) is 23.2. The van der Waals surface area contributed by atoms with Crippen molar-refractivity contribution in [3.63, 3.8) is 0 Å². The predicted molar refractivity (Wildman–Crippen MR) is 166 cm³/mol. The second-order valence-electron chi connectivity index (χ2n) is 9.71. The quantitative estimate of drug-likeness (QED) is 0.0977. The van der Waals surface area contributed by atoms with Gasteiger partial charge >= 0.3 is 5.97 Å². The Kier molecular flexibility index (Phi) is 9.28. The van der Waals surface area contributed by atoms with Gasteiger partial charge in [0, 0.05) is 0 Å². The number of esters is 1. The van der Waals surface area contributed by atoms with Crippen LogP contribution in [-0.2, 0) is 0 Å². The molecule has 0 spiro atoms. The summed E-state index contributed by atoms with van der Waals surface area (Å²) in [6.45, 7) is 1.69. The maximum absolute atomic E-state index is 13.6. The van der Waals surface area contributed by atoms with Gasteiger partial charge in [0.05, 0.1) is 24.5 Å². The van der Waals surface area contributed by atoms with Crippen LogP contribution in [0.3, 0.4) is 0 Å². The van der Waals surface area contributed by atoms with Gasteiger partial charge in [0.1, 0.15) is 17.1 Å². The molecule has 5 rings (SSSR count). The second-order valence-corrected chi connectivity index (χ2v) is 9.71. The third-order valence-corrected chi connectivity index (χ3v) is 6.71. The van der Waals surface area contributed by atoms with Crippen molar-refractivity contribution >= 4 is 39.1 Å². The number of hydrogen-bond donors (Lipinski definition) is 3. The number of carbonyl (C=O) groups excluding carboxylic acids is 2. The SMILES string of the molecule is NCCCOc1cc2ccccc2cc1C(=O)Nc1ccccc1OC(=O)c1cc2ccccc2cc1OCCCN. The zero-order chi connectivity index (χ0) is 29.3. The van der Waals surface area contributed by atoms with Gasteiger partial charge in [0.2, 0.25) is 0 Å². The first kappa shape index (κ1) is 28.6. The molecule has 8 heteroatoms. The monoisotopic (exact) mass is 563 g/mol. The number of carbonyl (C=O) groups is 2. The van der Waals surface area contributed by atoms with E-state index in [0.717, 1.165) is 21.5 Å². The molecule has 0 heterocycles. The summed E-state index contributed by atoms with van der Waals surface area (Å²) >= 11 is 0. The molecule has 0 atom stereocenters. The Morgan fingerprint density at radius 1 is 0.595 bits per heavy atom. The van der Waals surface area contributed by atoms with Crippen molar-refractivity contribution in [3.8, 4) is 17.2 Å². The van der Waals surface area contributed by atoms with Crippen LogP contribution in [0.4, 0.5) is 5.69 Å². The van der Waals surface area contributed by atoms with Crippen LogP contribution < -0.4 is 31.0 Å². The van der Waals surface area contributed by atoms with Gasteiger partial charge in [0.15, 0.2) is 5.75 Å². The lowest BCUT2D eigenvalue weighted by atomic mass is 10.0. The molecular weight excluding hydrogens is 530 g/mol. The van der Waals surface area contributed by atoms with Crippen LogP contribution >= 0.6 is 0 Å². The molecule has 0 saturated heterocycles. The lowest BCUT2D eigenvalue weighted by molar-refractivity contribution is 0.0730. The summed E-state index contributed by atoms with van der Waals surface area (Å²) in [5, 5.41) is 6.55. The van der Waals surface area contributed by atoms with E-state index in [9.17, 15) is 9.59 Å². The summed E-state index contributed by atoms with van der Waals surface area (Å²) in [5.74, 6) is 0.0437. The van der Waals surface area contributed by atoms with Gasteiger partial charge < -0.3 is 31.0 Å². The highest BCUT2D eigenvalue weighted by Crippen LogP contribution is 2.32. The number of rotatable bonds is 12.